The summed E-state index contributed by atoms with van der Waals surface area (Å²) in [5, 5.41) is 3.38. The smallest absolute Gasteiger partial charge is 0.227 e. The molecule has 0 radical (unpaired) electrons. The van der Waals surface area contributed by atoms with Crippen LogP contribution < -0.4 is 5.32 Å². The van der Waals surface area contributed by atoms with E-state index in [1.807, 2.05) is 18.2 Å². The van der Waals surface area contributed by atoms with Crippen molar-refractivity contribution in [3.8, 4) is 11.5 Å². The number of hydrogen-bond donors (Lipinski definition) is 1. The second kappa shape index (κ2) is 6.80. The molecule has 1 aromatic heterocycles. The molecule has 4 rings (SSSR count). The summed E-state index contributed by atoms with van der Waals surface area (Å²) < 4.78 is 32.4. The van der Waals surface area contributed by atoms with E-state index < -0.39 is 11.6 Å². The molecular formula is C19H19F2N3O. The molecule has 130 valence electrons. The Morgan fingerprint density at radius 1 is 1.04 bits per heavy atom. The molecule has 6 heteroatoms. The SMILES string of the molecule is Fc1cc(F)cc(-c2nc3ccc(NCCN4CCCC4)cc3o2)c1. The maximum Gasteiger partial charge on any atom is 0.227 e. The van der Waals surface area contributed by atoms with Crippen LogP contribution in [0, 0.1) is 11.6 Å². The van der Waals surface area contributed by atoms with Crippen molar-refractivity contribution in [1.82, 2.24) is 9.88 Å². The Hall–Kier alpha value is -2.47. The third kappa shape index (κ3) is 3.64. The van der Waals surface area contributed by atoms with Gasteiger partial charge in [-0.2, -0.15) is 0 Å². The molecule has 2 aromatic carbocycles. The van der Waals surface area contributed by atoms with E-state index in [1.165, 1.54) is 38.1 Å². The molecule has 1 fully saturated rings. The van der Waals surface area contributed by atoms with Crippen LogP contribution in [0.25, 0.3) is 22.6 Å². The van der Waals surface area contributed by atoms with E-state index in [1.54, 1.807) is 0 Å². The van der Waals surface area contributed by atoms with Crippen molar-refractivity contribution < 1.29 is 13.2 Å². The zero-order chi connectivity index (χ0) is 17.2. The lowest BCUT2D eigenvalue weighted by molar-refractivity contribution is 0.352. The Bertz CT molecular complexity index is 867. The van der Waals surface area contributed by atoms with Gasteiger partial charge in [0, 0.05) is 36.5 Å². The standard InChI is InChI=1S/C19H19F2N3O/c20-14-9-13(10-15(21)11-14)19-23-17-4-3-16(12-18(17)25-19)22-5-8-24-6-1-2-7-24/h3-4,9-12,22H,1-2,5-8H2. The quantitative estimate of drug-likeness (QED) is 0.751. The van der Waals surface area contributed by atoms with E-state index >= 15 is 0 Å². The monoisotopic (exact) mass is 343 g/mol. The van der Waals surface area contributed by atoms with Gasteiger partial charge in [0.15, 0.2) is 5.58 Å². The zero-order valence-electron chi connectivity index (χ0n) is 13.8. The zero-order valence-corrected chi connectivity index (χ0v) is 13.8. The average Bonchev–Trinajstić information content (AvgIpc) is 3.22. The van der Waals surface area contributed by atoms with Gasteiger partial charge in [0.2, 0.25) is 5.89 Å². The molecule has 1 aliphatic heterocycles. The molecule has 0 unspecified atom stereocenters. The molecular weight excluding hydrogens is 324 g/mol. The average molecular weight is 343 g/mol. The van der Waals surface area contributed by atoms with E-state index in [4.69, 9.17) is 4.42 Å². The lowest BCUT2D eigenvalue weighted by atomic mass is 10.2. The third-order valence-electron chi connectivity index (χ3n) is 4.45. The molecule has 0 saturated carbocycles. The fourth-order valence-corrected chi connectivity index (χ4v) is 3.20. The van der Waals surface area contributed by atoms with Crippen LogP contribution in [-0.4, -0.2) is 36.1 Å². The second-order valence-corrected chi connectivity index (χ2v) is 6.34. The molecule has 25 heavy (non-hydrogen) atoms. The molecule has 0 spiro atoms. The molecule has 0 atom stereocenters. The van der Waals surface area contributed by atoms with Crippen molar-refractivity contribution in [2.75, 3.05) is 31.5 Å². The van der Waals surface area contributed by atoms with Gasteiger partial charge in [-0.3, -0.25) is 0 Å². The number of nitrogens with zero attached hydrogens (tertiary/aromatic N) is 2. The van der Waals surface area contributed by atoms with Crippen molar-refractivity contribution in [2.45, 2.75) is 12.8 Å². The maximum absolute atomic E-state index is 13.4. The number of nitrogens with one attached hydrogen (secondary N) is 1. The summed E-state index contributed by atoms with van der Waals surface area (Å²) >= 11 is 0. The molecule has 0 aliphatic carbocycles. The van der Waals surface area contributed by atoms with Crippen molar-refractivity contribution in [3.63, 3.8) is 0 Å². The van der Waals surface area contributed by atoms with Crippen LogP contribution >= 0.6 is 0 Å². The predicted octanol–water partition coefficient (Wildman–Crippen LogP) is 4.28. The van der Waals surface area contributed by atoms with Crippen LogP contribution in [0.5, 0.6) is 0 Å². The molecule has 0 amide bonds. The maximum atomic E-state index is 13.4. The first kappa shape index (κ1) is 16.0. The van der Waals surface area contributed by atoms with Gasteiger partial charge in [-0.15, -0.1) is 0 Å². The Kier molecular flexibility index (Phi) is 4.36. The fraction of sp³-hybridized carbons (Fsp3) is 0.316. The molecule has 0 bridgehead atoms. The molecule has 3 aromatic rings. The number of rotatable bonds is 5. The van der Waals surface area contributed by atoms with Crippen LogP contribution in [0.2, 0.25) is 0 Å². The lowest BCUT2D eigenvalue weighted by Crippen LogP contribution is -2.25. The highest BCUT2D eigenvalue weighted by Crippen LogP contribution is 2.27. The van der Waals surface area contributed by atoms with Gasteiger partial charge < -0.3 is 14.6 Å². The number of fused-ring (bicyclic) bond motifs is 1. The lowest BCUT2D eigenvalue weighted by Gasteiger charge is -2.15. The summed E-state index contributed by atoms with van der Waals surface area (Å²) in [4.78, 5) is 6.75. The number of oxazole rings is 1. The Morgan fingerprint density at radius 3 is 2.56 bits per heavy atom. The van der Waals surface area contributed by atoms with E-state index in [0.717, 1.165) is 24.8 Å². The van der Waals surface area contributed by atoms with Crippen LogP contribution in [0.3, 0.4) is 0 Å². The van der Waals surface area contributed by atoms with Gasteiger partial charge in [0.05, 0.1) is 0 Å². The van der Waals surface area contributed by atoms with E-state index in [9.17, 15) is 8.78 Å². The highest BCUT2D eigenvalue weighted by molar-refractivity contribution is 5.79. The normalized spacial score (nSPS) is 15.1. The highest BCUT2D eigenvalue weighted by atomic mass is 19.1. The molecule has 1 aliphatic rings. The van der Waals surface area contributed by atoms with Crippen LogP contribution in [-0.2, 0) is 0 Å². The van der Waals surface area contributed by atoms with E-state index in [2.05, 4.69) is 15.2 Å². The minimum Gasteiger partial charge on any atom is -0.436 e. The first-order chi connectivity index (χ1) is 12.2. The van der Waals surface area contributed by atoms with Gasteiger partial charge in [0.25, 0.3) is 0 Å². The van der Waals surface area contributed by atoms with Gasteiger partial charge in [-0.05, 0) is 50.2 Å². The minimum absolute atomic E-state index is 0.211. The summed E-state index contributed by atoms with van der Waals surface area (Å²) in [5.41, 5.74) is 2.48. The summed E-state index contributed by atoms with van der Waals surface area (Å²) in [6.45, 7) is 4.23. The Balaban J connectivity index is 1.50. The van der Waals surface area contributed by atoms with E-state index in [-0.39, 0.29) is 11.5 Å². The first-order valence-corrected chi connectivity index (χ1v) is 8.51. The fourth-order valence-electron chi connectivity index (χ4n) is 3.20. The van der Waals surface area contributed by atoms with Crippen LogP contribution in [0.15, 0.2) is 40.8 Å². The predicted molar refractivity (Wildman–Crippen MR) is 93.5 cm³/mol. The summed E-state index contributed by atoms with van der Waals surface area (Å²) in [7, 11) is 0. The second-order valence-electron chi connectivity index (χ2n) is 6.34. The third-order valence-corrected chi connectivity index (χ3v) is 4.45. The summed E-state index contributed by atoms with van der Waals surface area (Å²) in [5.74, 6) is -1.09. The number of anilines is 1. The van der Waals surface area contributed by atoms with Crippen molar-refractivity contribution >= 4 is 16.8 Å². The van der Waals surface area contributed by atoms with E-state index in [0.29, 0.717) is 11.1 Å². The number of hydrogen-bond acceptors (Lipinski definition) is 4. The first-order valence-electron chi connectivity index (χ1n) is 8.51. The van der Waals surface area contributed by atoms with Gasteiger partial charge >= 0.3 is 0 Å². The van der Waals surface area contributed by atoms with Crippen molar-refractivity contribution in [3.05, 3.63) is 48.0 Å². The highest BCUT2D eigenvalue weighted by Gasteiger charge is 2.12. The van der Waals surface area contributed by atoms with Crippen LogP contribution in [0.1, 0.15) is 12.8 Å². The van der Waals surface area contributed by atoms with Gasteiger partial charge in [0.1, 0.15) is 17.2 Å². The Labute approximate surface area is 144 Å². The molecule has 4 nitrogen and oxygen atoms in total. The van der Waals surface area contributed by atoms with Crippen molar-refractivity contribution in [1.29, 1.82) is 0 Å². The Morgan fingerprint density at radius 2 is 1.80 bits per heavy atom. The topological polar surface area (TPSA) is 41.3 Å². The molecule has 1 N–H and O–H groups in total. The van der Waals surface area contributed by atoms with Crippen LogP contribution in [0.4, 0.5) is 14.5 Å². The molecule has 2 heterocycles. The number of aromatic nitrogens is 1. The number of benzene rings is 2. The van der Waals surface area contributed by atoms with Crippen molar-refractivity contribution in [2.24, 2.45) is 0 Å². The van der Waals surface area contributed by atoms with Gasteiger partial charge in [-0.25, -0.2) is 13.8 Å². The number of halogens is 2. The summed E-state index contributed by atoms with van der Waals surface area (Å²) in [6, 6.07) is 8.90. The largest absolute Gasteiger partial charge is 0.436 e. The van der Waals surface area contributed by atoms with Gasteiger partial charge in [-0.1, -0.05) is 0 Å². The minimum atomic E-state index is -0.651. The summed E-state index contributed by atoms with van der Waals surface area (Å²) in [6.07, 6.45) is 2.57. The molecule has 1 saturated heterocycles. The number of likely N-dealkylation sites (tertiary alicyclic amines) is 1.